The van der Waals surface area contributed by atoms with Gasteiger partial charge in [-0.25, -0.2) is 8.72 Å². The van der Waals surface area contributed by atoms with Crippen LogP contribution in [-0.4, -0.2) is 22.2 Å². The molecule has 1 heterocycles. The fraction of sp³-hybridized carbons (Fsp3) is 0.800. The molecule has 1 amide bonds. The number of ether oxygens (including phenoxy) is 1. The number of cyclic esters (lactones) is 1. The van der Waals surface area contributed by atoms with Crippen LogP contribution in [0.1, 0.15) is 13.8 Å². The smallest absolute Gasteiger partial charge is 0.420 e. The molecule has 0 aromatic carbocycles. The zero-order valence-electron chi connectivity index (χ0n) is 5.35. The normalized spacial score (nSPS) is 24.3. The monoisotopic (exact) mass is 193 g/mol. The fourth-order valence-corrected chi connectivity index (χ4v) is 0.804. The Hall–Kier alpha value is -0.250. The minimum Gasteiger partial charge on any atom is -0.446 e. The van der Waals surface area contributed by atoms with Crippen molar-refractivity contribution in [3.05, 3.63) is 0 Å². The number of hydrogen-bond acceptors (Lipinski definition) is 2. The summed E-state index contributed by atoms with van der Waals surface area (Å²) in [7, 11) is 0. The van der Waals surface area contributed by atoms with Crippen molar-refractivity contribution < 1.29 is 9.53 Å². The van der Waals surface area contributed by atoms with Gasteiger partial charge in [-0.2, -0.15) is 0 Å². The summed E-state index contributed by atoms with van der Waals surface area (Å²) in [5.74, 6) is 0. The van der Waals surface area contributed by atoms with Gasteiger partial charge in [0, 0.05) is 0 Å². The molecule has 0 unspecified atom stereocenters. The maximum Gasteiger partial charge on any atom is 0.420 e. The van der Waals surface area contributed by atoms with E-state index in [1.807, 2.05) is 13.8 Å². The van der Waals surface area contributed by atoms with E-state index in [-0.39, 0.29) is 11.6 Å². The second-order valence-corrected chi connectivity index (χ2v) is 3.36. The van der Waals surface area contributed by atoms with Gasteiger partial charge in [-0.15, -0.1) is 0 Å². The van der Waals surface area contributed by atoms with Crippen molar-refractivity contribution in [3.63, 3.8) is 0 Å². The predicted octanol–water partition coefficient (Wildman–Crippen LogP) is 1.53. The molecule has 0 radical (unpaired) electrons. The average molecular weight is 194 g/mol. The van der Waals surface area contributed by atoms with Gasteiger partial charge in [-0.3, -0.25) is 0 Å². The van der Waals surface area contributed by atoms with Gasteiger partial charge < -0.3 is 4.74 Å². The van der Waals surface area contributed by atoms with Crippen LogP contribution in [-0.2, 0) is 4.74 Å². The van der Waals surface area contributed by atoms with Gasteiger partial charge in [-0.1, -0.05) is 0 Å². The molecule has 0 atom stereocenters. The lowest BCUT2D eigenvalue weighted by atomic mass is 10.1. The highest BCUT2D eigenvalue weighted by Gasteiger charge is 2.38. The van der Waals surface area contributed by atoms with Crippen molar-refractivity contribution >= 4 is 22.2 Å². The molecule has 0 spiro atoms. The number of carbonyl (C=O) groups is 1. The van der Waals surface area contributed by atoms with Gasteiger partial charge in [0.15, 0.2) is 0 Å². The average Bonchev–Trinajstić information content (AvgIpc) is 1.97. The molecule has 0 bridgehead atoms. The number of rotatable bonds is 0. The minimum atomic E-state index is -0.306. The lowest BCUT2D eigenvalue weighted by Gasteiger charge is -2.19. The third-order valence-corrected chi connectivity index (χ3v) is 2.49. The van der Waals surface area contributed by atoms with Gasteiger partial charge in [0.1, 0.15) is 6.61 Å². The molecular weight excluding hydrogens is 186 g/mol. The molecule has 52 valence electrons. The molecule has 9 heavy (non-hydrogen) atoms. The predicted molar refractivity (Wildman–Crippen MR) is 36.2 cm³/mol. The van der Waals surface area contributed by atoms with Crippen molar-refractivity contribution in [2.75, 3.05) is 6.61 Å². The molecule has 0 aliphatic carbocycles. The molecular formula is C5H8BrNO2. The van der Waals surface area contributed by atoms with Crippen molar-refractivity contribution in [2.24, 2.45) is 0 Å². The number of carbonyl (C=O) groups excluding carboxylic acids is 1. The van der Waals surface area contributed by atoms with Gasteiger partial charge >= 0.3 is 6.09 Å². The van der Waals surface area contributed by atoms with Crippen molar-refractivity contribution in [1.29, 1.82) is 0 Å². The lowest BCUT2D eigenvalue weighted by molar-refractivity contribution is 0.171. The Balaban J connectivity index is 2.73. The summed E-state index contributed by atoms with van der Waals surface area (Å²) in [5, 5.41) is 0. The summed E-state index contributed by atoms with van der Waals surface area (Å²) in [6.45, 7) is 4.30. The Morgan fingerprint density at radius 3 is 2.44 bits per heavy atom. The maximum absolute atomic E-state index is 10.6. The van der Waals surface area contributed by atoms with Crippen molar-refractivity contribution in [1.82, 2.24) is 3.93 Å². The molecule has 4 heteroatoms. The highest BCUT2D eigenvalue weighted by molar-refractivity contribution is 9.07. The SMILES string of the molecule is CC1(C)COC(=O)N1Br. The summed E-state index contributed by atoms with van der Waals surface area (Å²) in [6, 6.07) is 0. The second kappa shape index (κ2) is 1.87. The van der Waals surface area contributed by atoms with E-state index >= 15 is 0 Å². The van der Waals surface area contributed by atoms with Crippen LogP contribution in [0, 0.1) is 0 Å². The Morgan fingerprint density at radius 2 is 2.33 bits per heavy atom. The first kappa shape index (κ1) is 6.86. The van der Waals surface area contributed by atoms with E-state index in [0.717, 1.165) is 0 Å². The van der Waals surface area contributed by atoms with E-state index in [1.54, 1.807) is 0 Å². The van der Waals surface area contributed by atoms with E-state index in [9.17, 15) is 4.79 Å². The summed E-state index contributed by atoms with van der Waals surface area (Å²) in [6.07, 6.45) is -0.306. The van der Waals surface area contributed by atoms with Crippen LogP contribution < -0.4 is 0 Å². The van der Waals surface area contributed by atoms with Gasteiger partial charge in [0.2, 0.25) is 0 Å². The van der Waals surface area contributed by atoms with Crippen molar-refractivity contribution in [2.45, 2.75) is 19.4 Å². The van der Waals surface area contributed by atoms with Crippen molar-refractivity contribution in [3.8, 4) is 0 Å². The van der Waals surface area contributed by atoms with Crippen LogP contribution in [0.4, 0.5) is 4.79 Å². The van der Waals surface area contributed by atoms with E-state index in [1.165, 1.54) is 3.93 Å². The zero-order chi connectivity index (χ0) is 7.07. The highest BCUT2D eigenvalue weighted by atomic mass is 79.9. The molecule has 1 aliphatic rings. The van der Waals surface area contributed by atoms with E-state index in [0.29, 0.717) is 6.61 Å². The van der Waals surface area contributed by atoms with Gasteiger partial charge in [0.25, 0.3) is 0 Å². The molecule has 1 rings (SSSR count). The number of hydrogen-bond donors (Lipinski definition) is 0. The van der Waals surface area contributed by atoms with Crippen LogP contribution in [0.2, 0.25) is 0 Å². The fourth-order valence-electron chi connectivity index (χ4n) is 0.599. The number of nitrogens with zero attached hydrogens (tertiary/aromatic N) is 1. The molecule has 1 aliphatic heterocycles. The second-order valence-electron chi connectivity index (χ2n) is 2.65. The lowest BCUT2D eigenvalue weighted by Crippen LogP contribution is -2.33. The zero-order valence-corrected chi connectivity index (χ0v) is 6.93. The van der Waals surface area contributed by atoms with Gasteiger partial charge in [-0.05, 0) is 13.8 Å². The van der Waals surface area contributed by atoms with Gasteiger partial charge in [0.05, 0.1) is 21.7 Å². The molecule has 0 saturated carbocycles. The Morgan fingerprint density at radius 1 is 1.78 bits per heavy atom. The number of amides is 1. The first-order chi connectivity index (χ1) is 4.04. The molecule has 0 aromatic rings. The Labute approximate surface area is 62.3 Å². The third kappa shape index (κ3) is 1.03. The number of halogens is 1. The summed E-state index contributed by atoms with van der Waals surface area (Å²) in [4.78, 5) is 10.6. The highest BCUT2D eigenvalue weighted by Crippen LogP contribution is 2.26. The minimum absolute atomic E-state index is 0.197. The third-order valence-electron chi connectivity index (χ3n) is 1.24. The van der Waals surface area contributed by atoms with Crippen LogP contribution in [0.15, 0.2) is 0 Å². The molecule has 3 nitrogen and oxygen atoms in total. The largest absolute Gasteiger partial charge is 0.446 e. The molecule has 0 aromatic heterocycles. The van der Waals surface area contributed by atoms with E-state index in [4.69, 9.17) is 4.74 Å². The van der Waals surface area contributed by atoms with E-state index < -0.39 is 0 Å². The Bertz CT molecular complexity index is 146. The summed E-state index contributed by atoms with van der Waals surface area (Å²) < 4.78 is 6.14. The van der Waals surface area contributed by atoms with Crippen LogP contribution >= 0.6 is 16.1 Å². The standard InChI is InChI=1S/C5H8BrNO2/c1-5(2)3-9-4(8)7(5)6/h3H2,1-2H3. The van der Waals surface area contributed by atoms with Crippen LogP contribution in [0.25, 0.3) is 0 Å². The molecule has 1 fully saturated rings. The summed E-state index contributed by atoms with van der Waals surface area (Å²) >= 11 is 3.08. The molecule has 1 saturated heterocycles. The van der Waals surface area contributed by atoms with Crippen LogP contribution in [0.5, 0.6) is 0 Å². The quantitative estimate of drug-likeness (QED) is 0.547. The Kier molecular flexibility index (Phi) is 1.42. The first-order valence-electron chi connectivity index (χ1n) is 2.67. The molecule has 0 N–H and O–H groups in total. The summed E-state index contributed by atoms with van der Waals surface area (Å²) in [5.41, 5.74) is -0.197. The topological polar surface area (TPSA) is 29.5 Å². The first-order valence-corrected chi connectivity index (χ1v) is 3.38. The van der Waals surface area contributed by atoms with Crippen LogP contribution in [0.3, 0.4) is 0 Å². The van der Waals surface area contributed by atoms with E-state index in [2.05, 4.69) is 16.1 Å². The maximum atomic E-state index is 10.6.